The number of benzene rings is 2. The molecule has 0 aliphatic carbocycles. The molecule has 0 aliphatic rings. The standard InChI is InChI=1S/C22H24N4O4/c1-14(20(23)27)25-21(28)19(11-16-12-24-18-10-6-5-9-17(16)18)26-22(29)30-13-15-7-3-2-4-8-15/h2-10,12,14,19,24H,11,13H2,1H3,(H2,23,27)(H,25,28)(H,26,29). The minimum Gasteiger partial charge on any atom is -0.445 e. The molecule has 0 radical (unpaired) electrons. The number of alkyl carbamates (subject to hydrolysis) is 1. The Morgan fingerprint density at radius 2 is 1.73 bits per heavy atom. The van der Waals surface area contributed by atoms with E-state index in [-0.39, 0.29) is 13.0 Å². The first-order valence-electron chi connectivity index (χ1n) is 9.56. The summed E-state index contributed by atoms with van der Waals surface area (Å²) in [5.74, 6) is -1.19. The number of ether oxygens (including phenoxy) is 1. The van der Waals surface area contributed by atoms with Crippen molar-refractivity contribution in [2.75, 3.05) is 0 Å². The van der Waals surface area contributed by atoms with E-state index < -0.39 is 30.0 Å². The summed E-state index contributed by atoms with van der Waals surface area (Å²) in [6.45, 7) is 1.56. The Balaban J connectivity index is 1.72. The lowest BCUT2D eigenvalue weighted by molar-refractivity contribution is -0.128. The van der Waals surface area contributed by atoms with Gasteiger partial charge in [-0.1, -0.05) is 48.5 Å². The Hall–Kier alpha value is -3.81. The summed E-state index contributed by atoms with van der Waals surface area (Å²) in [6.07, 6.45) is 1.27. The van der Waals surface area contributed by atoms with Gasteiger partial charge < -0.3 is 26.1 Å². The Labute approximate surface area is 173 Å². The predicted molar refractivity (Wildman–Crippen MR) is 112 cm³/mol. The molecule has 0 saturated carbocycles. The number of hydrogen-bond acceptors (Lipinski definition) is 4. The largest absolute Gasteiger partial charge is 0.445 e. The fraction of sp³-hybridized carbons (Fsp3) is 0.227. The predicted octanol–water partition coefficient (Wildman–Crippen LogP) is 2.00. The van der Waals surface area contributed by atoms with Crippen molar-refractivity contribution in [2.24, 2.45) is 5.73 Å². The molecule has 0 fully saturated rings. The fourth-order valence-electron chi connectivity index (χ4n) is 3.02. The number of nitrogens with one attached hydrogen (secondary N) is 3. The van der Waals surface area contributed by atoms with Crippen LogP contribution >= 0.6 is 0 Å². The lowest BCUT2D eigenvalue weighted by Crippen LogP contribution is -2.52. The summed E-state index contributed by atoms with van der Waals surface area (Å²) in [5, 5.41) is 6.06. The average molecular weight is 408 g/mol. The molecule has 0 bridgehead atoms. The third kappa shape index (κ3) is 5.38. The summed E-state index contributed by atoms with van der Waals surface area (Å²) in [7, 11) is 0. The Morgan fingerprint density at radius 1 is 1.03 bits per heavy atom. The summed E-state index contributed by atoms with van der Waals surface area (Å²) in [6, 6.07) is 15.0. The number of H-pyrrole nitrogens is 1. The molecule has 2 aromatic carbocycles. The highest BCUT2D eigenvalue weighted by molar-refractivity contribution is 5.91. The van der Waals surface area contributed by atoms with Crippen molar-refractivity contribution in [1.82, 2.24) is 15.6 Å². The highest BCUT2D eigenvalue weighted by Gasteiger charge is 2.25. The molecule has 8 heteroatoms. The molecular weight excluding hydrogens is 384 g/mol. The highest BCUT2D eigenvalue weighted by Crippen LogP contribution is 2.19. The van der Waals surface area contributed by atoms with E-state index in [0.29, 0.717) is 0 Å². The molecule has 3 rings (SSSR count). The van der Waals surface area contributed by atoms with Gasteiger partial charge in [-0.05, 0) is 24.1 Å². The molecule has 8 nitrogen and oxygen atoms in total. The quantitative estimate of drug-likeness (QED) is 0.455. The van der Waals surface area contributed by atoms with E-state index in [1.807, 2.05) is 54.6 Å². The van der Waals surface area contributed by atoms with E-state index in [0.717, 1.165) is 22.0 Å². The molecular formula is C22H24N4O4. The van der Waals surface area contributed by atoms with Crippen molar-refractivity contribution in [3.63, 3.8) is 0 Å². The summed E-state index contributed by atoms with van der Waals surface area (Å²) >= 11 is 0. The lowest BCUT2D eigenvalue weighted by Gasteiger charge is -2.20. The Kier molecular flexibility index (Phi) is 6.69. The van der Waals surface area contributed by atoms with Crippen molar-refractivity contribution in [1.29, 1.82) is 0 Å². The topological polar surface area (TPSA) is 126 Å². The van der Waals surface area contributed by atoms with Crippen molar-refractivity contribution >= 4 is 28.8 Å². The van der Waals surface area contributed by atoms with Crippen LogP contribution in [0.3, 0.4) is 0 Å². The SMILES string of the molecule is CC(NC(=O)C(Cc1c[nH]c2ccccc12)NC(=O)OCc1ccccc1)C(N)=O. The van der Waals surface area contributed by atoms with Crippen molar-refractivity contribution < 1.29 is 19.1 Å². The first-order valence-corrected chi connectivity index (χ1v) is 9.56. The molecule has 30 heavy (non-hydrogen) atoms. The second kappa shape index (κ2) is 9.60. The number of carbonyl (C=O) groups excluding carboxylic acids is 3. The minimum absolute atomic E-state index is 0.0752. The second-order valence-corrected chi connectivity index (χ2v) is 6.95. The van der Waals surface area contributed by atoms with Gasteiger partial charge in [-0.2, -0.15) is 0 Å². The molecule has 2 atom stereocenters. The van der Waals surface area contributed by atoms with Gasteiger partial charge in [0, 0.05) is 23.5 Å². The van der Waals surface area contributed by atoms with Crippen LogP contribution in [0.4, 0.5) is 4.79 Å². The first kappa shape index (κ1) is 20.9. The van der Waals surface area contributed by atoms with Gasteiger partial charge in [0.05, 0.1) is 0 Å². The highest BCUT2D eigenvalue weighted by atomic mass is 16.5. The molecule has 5 N–H and O–H groups in total. The van der Waals surface area contributed by atoms with Crippen LogP contribution in [0.25, 0.3) is 10.9 Å². The van der Waals surface area contributed by atoms with Gasteiger partial charge in [-0.25, -0.2) is 4.79 Å². The van der Waals surface area contributed by atoms with Gasteiger partial charge in [-0.3, -0.25) is 9.59 Å². The Morgan fingerprint density at radius 3 is 2.47 bits per heavy atom. The van der Waals surface area contributed by atoms with Gasteiger partial charge in [-0.15, -0.1) is 0 Å². The van der Waals surface area contributed by atoms with Gasteiger partial charge in [0.15, 0.2) is 0 Å². The van der Waals surface area contributed by atoms with E-state index >= 15 is 0 Å². The number of aromatic amines is 1. The van der Waals surface area contributed by atoms with Crippen LogP contribution in [0.15, 0.2) is 60.8 Å². The van der Waals surface area contributed by atoms with Crippen LogP contribution < -0.4 is 16.4 Å². The molecule has 0 spiro atoms. The van der Waals surface area contributed by atoms with Gasteiger partial charge in [0.1, 0.15) is 18.7 Å². The van der Waals surface area contributed by atoms with E-state index in [1.165, 1.54) is 6.92 Å². The number of fused-ring (bicyclic) bond motifs is 1. The third-order valence-electron chi connectivity index (χ3n) is 4.71. The summed E-state index contributed by atoms with van der Waals surface area (Å²) in [4.78, 5) is 39.5. The van der Waals surface area contributed by atoms with Gasteiger partial charge in [0.25, 0.3) is 0 Å². The monoisotopic (exact) mass is 408 g/mol. The number of primary amides is 1. The Bertz CT molecular complexity index is 1030. The van der Waals surface area contributed by atoms with Crippen molar-refractivity contribution in [3.8, 4) is 0 Å². The van der Waals surface area contributed by atoms with Crippen LogP contribution in [0, 0.1) is 0 Å². The number of para-hydroxylation sites is 1. The normalized spacial score (nSPS) is 12.7. The van der Waals surface area contributed by atoms with E-state index in [4.69, 9.17) is 10.5 Å². The van der Waals surface area contributed by atoms with Crippen LogP contribution in [0.2, 0.25) is 0 Å². The molecule has 3 amide bonds. The molecule has 156 valence electrons. The zero-order chi connectivity index (χ0) is 21.5. The minimum atomic E-state index is -0.950. The zero-order valence-electron chi connectivity index (χ0n) is 16.6. The van der Waals surface area contributed by atoms with Crippen molar-refractivity contribution in [3.05, 3.63) is 71.9 Å². The van der Waals surface area contributed by atoms with Crippen LogP contribution in [0.1, 0.15) is 18.1 Å². The van der Waals surface area contributed by atoms with E-state index in [9.17, 15) is 14.4 Å². The van der Waals surface area contributed by atoms with E-state index in [1.54, 1.807) is 6.20 Å². The molecule has 1 aromatic heterocycles. The smallest absolute Gasteiger partial charge is 0.408 e. The number of hydrogen-bond donors (Lipinski definition) is 4. The second-order valence-electron chi connectivity index (χ2n) is 6.95. The third-order valence-corrected chi connectivity index (χ3v) is 4.71. The number of nitrogens with two attached hydrogens (primary N) is 1. The number of carbonyl (C=O) groups is 3. The maximum Gasteiger partial charge on any atom is 0.408 e. The summed E-state index contributed by atoms with van der Waals surface area (Å²) in [5.41, 5.74) is 7.83. The van der Waals surface area contributed by atoms with Crippen molar-refractivity contribution in [2.45, 2.75) is 32.0 Å². The van der Waals surface area contributed by atoms with Gasteiger partial charge >= 0.3 is 6.09 Å². The molecule has 3 aromatic rings. The molecule has 0 saturated heterocycles. The maximum absolute atomic E-state index is 12.7. The number of amides is 3. The van der Waals surface area contributed by atoms with Crippen LogP contribution in [0.5, 0.6) is 0 Å². The molecule has 2 unspecified atom stereocenters. The number of aromatic nitrogens is 1. The summed E-state index contributed by atoms with van der Waals surface area (Å²) < 4.78 is 5.24. The van der Waals surface area contributed by atoms with Gasteiger partial charge in [0.2, 0.25) is 11.8 Å². The lowest BCUT2D eigenvalue weighted by atomic mass is 10.0. The number of rotatable bonds is 8. The first-order chi connectivity index (χ1) is 14.4. The van der Waals surface area contributed by atoms with Crippen LogP contribution in [-0.4, -0.2) is 35.0 Å². The fourth-order valence-corrected chi connectivity index (χ4v) is 3.02. The molecule has 1 heterocycles. The average Bonchev–Trinajstić information content (AvgIpc) is 3.15. The van der Waals surface area contributed by atoms with Crippen LogP contribution in [-0.2, 0) is 27.4 Å². The zero-order valence-corrected chi connectivity index (χ0v) is 16.6. The maximum atomic E-state index is 12.7. The van der Waals surface area contributed by atoms with E-state index in [2.05, 4.69) is 15.6 Å². The molecule has 0 aliphatic heterocycles.